The Bertz CT molecular complexity index is 918. The Kier molecular flexibility index (Phi) is 3.58. The van der Waals surface area contributed by atoms with Crippen molar-refractivity contribution in [3.05, 3.63) is 82.2 Å². The summed E-state index contributed by atoms with van der Waals surface area (Å²) in [5, 5.41) is 9.67. The van der Waals surface area contributed by atoms with Crippen LogP contribution in [0.25, 0.3) is 17.0 Å². The van der Waals surface area contributed by atoms with Gasteiger partial charge in [-0.05, 0) is 48.6 Å². The van der Waals surface area contributed by atoms with Gasteiger partial charge in [-0.1, -0.05) is 12.1 Å². The van der Waals surface area contributed by atoms with E-state index in [0.717, 1.165) is 0 Å². The lowest BCUT2D eigenvalue weighted by molar-refractivity contribution is 0.104. The Morgan fingerprint density at radius 2 is 1.77 bits per heavy atom. The fraction of sp³-hybridized carbons (Fsp3) is 0. The number of para-hydroxylation sites is 1. The summed E-state index contributed by atoms with van der Waals surface area (Å²) in [7, 11) is 0. The molecule has 22 heavy (non-hydrogen) atoms. The Morgan fingerprint density at radius 1 is 1.05 bits per heavy atom. The van der Waals surface area contributed by atoms with Crippen LogP contribution in [0, 0.1) is 0 Å². The fourth-order valence-corrected chi connectivity index (χ4v) is 2.10. The zero-order valence-corrected chi connectivity index (χ0v) is 11.5. The van der Waals surface area contributed by atoms with Crippen molar-refractivity contribution in [3.63, 3.8) is 0 Å². The summed E-state index contributed by atoms with van der Waals surface area (Å²) in [4.78, 5) is 24.3. The number of fused-ring (bicyclic) bond motifs is 1. The van der Waals surface area contributed by atoms with Gasteiger partial charge in [0.1, 0.15) is 17.6 Å². The van der Waals surface area contributed by atoms with Crippen molar-refractivity contribution in [2.24, 2.45) is 0 Å². The number of benzene rings is 2. The predicted molar refractivity (Wildman–Crippen MR) is 84.0 cm³/mol. The molecule has 0 bridgehead atoms. The van der Waals surface area contributed by atoms with Crippen LogP contribution in [0.4, 0.5) is 0 Å². The monoisotopic (exact) mass is 292 g/mol. The number of carbonyl (C=O) groups excluding carboxylic acids is 1. The van der Waals surface area contributed by atoms with Crippen LogP contribution in [-0.4, -0.2) is 10.9 Å². The molecule has 0 aliphatic rings. The summed E-state index contributed by atoms with van der Waals surface area (Å²) in [5.74, 6) is -0.164. The molecule has 1 heterocycles. The summed E-state index contributed by atoms with van der Waals surface area (Å²) in [5.41, 5.74) is 1.07. The molecule has 3 rings (SSSR count). The van der Waals surface area contributed by atoms with Crippen LogP contribution in [0.15, 0.2) is 70.1 Å². The summed E-state index contributed by atoms with van der Waals surface area (Å²) in [6.45, 7) is 0. The van der Waals surface area contributed by atoms with E-state index in [1.54, 1.807) is 24.3 Å². The predicted octanol–water partition coefficient (Wildman–Crippen LogP) is 3.39. The summed E-state index contributed by atoms with van der Waals surface area (Å²) >= 11 is 0. The molecule has 4 heteroatoms. The SMILES string of the molecule is O=C(/C=C/c1coc2ccccc2c1=O)c1ccc(O)cc1. The zero-order valence-electron chi connectivity index (χ0n) is 11.5. The first kappa shape index (κ1) is 13.8. The molecule has 0 unspecified atom stereocenters. The third-order valence-corrected chi connectivity index (χ3v) is 3.27. The molecule has 0 saturated carbocycles. The topological polar surface area (TPSA) is 67.5 Å². The summed E-state index contributed by atoms with van der Waals surface area (Å²) < 4.78 is 5.38. The van der Waals surface area contributed by atoms with Crippen LogP contribution in [0.2, 0.25) is 0 Å². The molecule has 108 valence electrons. The number of aromatic hydroxyl groups is 1. The number of rotatable bonds is 3. The molecule has 0 fully saturated rings. The van der Waals surface area contributed by atoms with E-state index in [0.29, 0.717) is 22.1 Å². The molecule has 0 atom stereocenters. The minimum Gasteiger partial charge on any atom is -0.508 e. The molecule has 0 radical (unpaired) electrons. The van der Waals surface area contributed by atoms with Gasteiger partial charge in [-0.2, -0.15) is 0 Å². The first-order valence-corrected chi connectivity index (χ1v) is 6.67. The number of phenols is 1. The Morgan fingerprint density at radius 3 is 2.55 bits per heavy atom. The summed E-state index contributed by atoms with van der Waals surface area (Å²) in [6, 6.07) is 12.8. The Hall–Kier alpha value is -3.14. The molecule has 0 saturated heterocycles. The standard InChI is InChI=1S/C18H12O4/c19-14-8-5-12(6-9-14)16(20)10-7-13-11-22-17-4-2-1-3-15(17)18(13)21/h1-11,19H/b10-7+. The van der Waals surface area contributed by atoms with E-state index in [-0.39, 0.29) is 17.0 Å². The van der Waals surface area contributed by atoms with Crippen LogP contribution < -0.4 is 5.43 Å². The van der Waals surface area contributed by atoms with Crippen LogP contribution in [-0.2, 0) is 0 Å². The van der Waals surface area contributed by atoms with Crippen LogP contribution in [0.1, 0.15) is 15.9 Å². The molecular formula is C18H12O4. The molecular weight excluding hydrogens is 280 g/mol. The highest BCUT2D eigenvalue weighted by Crippen LogP contribution is 2.13. The first-order chi connectivity index (χ1) is 10.6. The molecule has 2 aromatic carbocycles. The van der Waals surface area contributed by atoms with Crippen molar-refractivity contribution in [3.8, 4) is 5.75 Å². The number of phenolic OH excluding ortho intramolecular Hbond substituents is 1. The minimum atomic E-state index is -0.257. The molecule has 3 aromatic rings. The molecule has 4 nitrogen and oxygen atoms in total. The lowest BCUT2D eigenvalue weighted by Crippen LogP contribution is -2.05. The minimum absolute atomic E-state index is 0.0932. The number of hydrogen-bond acceptors (Lipinski definition) is 4. The van der Waals surface area contributed by atoms with Crippen molar-refractivity contribution in [2.75, 3.05) is 0 Å². The molecule has 0 aliphatic carbocycles. The van der Waals surface area contributed by atoms with E-state index in [2.05, 4.69) is 0 Å². The highest BCUT2D eigenvalue weighted by Gasteiger charge is 2.05. The average molecular weight is 292 g/mol. The maximum Gasteiger partial charge on any atom is 0.199 e. The molecule has 1 aromatic heterocycles. The molecule has 0 spiro atoms. The van der Waals surface area contributed by atoms with Crippen molar-refractivity contribution in [1.82, 2.24) is 0 Å². The van der Waals surface area contributed by atoms with Gasteiger partial charge in [0.2, 0.25) is 0 Å². The van der Waals surface area contributed by atoms with Gasteiger partial charge < -0.3 is 9.52 Å². The van der Waals surface area contributed by atoms with Gasteiger partial charge in [0.25, 0.3) is 0 Å². The smallest absolute Gasteiger partial charge is 0.199 e. The Balaban J connectivity index is 1.92. The highest BCUT2D eigenvalue weighted by atomic mass is 16.3. The summed E-state index contributed by atoms with van der Waals surface area (Å²) in [6.07, 6.45) is 4.09. The van der Waals surface area contributed by atoms with E-state index in [1.165, 1.54) is 42.7 Å². The second-order valence-electron chi connectivity index (χ2n) is 4.76. The second-order valence-corrected chi connectivity index (χ2v) is 4.76. The van der Waals surface area contributed by atoms with Crippen LogP contribution in [0.5, 0.6) is 5.75 Å². The lowest BCUT2D eigenvalue weighted by atomic mass is 10.1. The van der Waals surface area contributed by atoms with Crippen molar-refractivity contribution < 1.29 is 14.3 Å². The van der Waals surface area contributed by atoms with Gasteiger partial charge >= 0.3 is 0 Å². The zero-order chi connectivity index (χ0) is 15.5. The molecule has 0 aliphatic heterocycles. The quantitative estimate of drug-likeness (QED) is 0.593. The average Bonchev–Trinajstić information content (AvgIpc) is 2.55. The third kappa shape index (κ3) is 2.67. The second kappa shape index (κ2) is 5.69. The molecule has 0 amide bonds. The normalized spacial score (nSPS) is 11.1. The molecule has 1 N–H and O–H groups in total. The van der Waals surface area contributed by atoms with E-state index < -0.39 is 0 Å². The maximum atomic E-state index is 12.3. The van der Waals surface area contributed by atoms with E-state index in [4.69, 9.17) is 4.42 Å². The Labute approximate surface area is 125 Å². The van der Waals surface area contributed by atoms with Gasteiger partial charge in [-0.3, -0.25) is 9.59 Å². The van der Waals surface area contributed by atoms with Crippen molar-refractivity contribution in [2.45, 2.75) is 0 Å². The van der Waals surface area contributed by atoms with Gasteiger partial charge in [0.05, 0.1) is 10.9 Å². The van der Waals surface area contributed by atoms with E-state index in [9.17, 15) is 14.7 Å². The highest BCUT2D eigenvalue weighted by molar-refractivity contribution is 6.06. The van der Waals surface area contributed by atoms with Crippen molar-refractivity contribution >= 4 is 22.8 Å². The largest absolute Gasteiger partial charge is 0.508 e. The van der Waals surface area contributed by atoms with E-state index >= 15 is 0 Å². The first-order valence-electron chi connectivity index (χ1n) is 6.67. The van der Waals surface area contributed by atoms with E-state index in [1.807, 2.05) is 0 Å². The van der Waals surface area contributed by atoms with Crippen LogP contribution >= 0.6 is 0 Å². The van der Waals surface area contributed by atoms with Crippen molar-refractivity contribution in [1.29, 1.82) is 0 Å². The van der Waals surface area contributed by atoms with Gasteiger partial charge in [-0.15, -0.1) is 0 Å². The number of ketones is 1. The number of carbonyl (C=O) groups is 1. The maximum absolute atomic E-state index is 12.3. The van der Waals surface area contributed by atoms with Crippen LogP contribution in [0.3, 0.4) is 0 Å². The van der Waals surface area contributed by atoms with Gasteiger partial charge in [0, 0.05) is 5.56 Å². The number of hydrogen-bond donors (Lipinski definition) is 1. The lowest BCUT2D eigenvalue weighted by Gasteiger charge is -1.98. The third-order valence-electron chi connectivity index (χ3n) is 3.27. The van der Waals surface area contributed by atoms with Gasteiger partial charge in [-0.25, -0.2) is 0 Å². The number of allylic oxidation sites excluding steroid dienone is 1. The van der Waals surface area contributed by atoms with Gasteiger partial charge in [0.15, 0.2) is 11.2 Å². The fourth-order valence-electron chi connectivity index (χ4n) is 2.10.